The number of benzene rings is 1. The molecular formula is C15H22N2S. The van der Waals surface area contributed by atoms with Crippen molar-refractivity contribution in [2.75, 3.05) is 6.54 Å². The van der Waals surface area contributed by atoms with Gasteiger partial charge in [0.25, 0.3) is 0 Å². The molecule has 2 nitrogen and oxygen atoms in total. The standard InChI is InChI=1S/C15H22N2S/c1-4-12(9-10-16-11(2)3)15-17-13-7-5-6-8-14(13)18-15/h5-8,11-12,16H,4,9-10H2,1-3H3. The number of nitrogens with one attached hydrogen (secondary N) is 1. The third kappa shape index (κ3) is 3.30. The van der Waals surface area contributed by atoms with Gasteiger partial charge in [-0.15, -0.1) is 11.3 Å². The molecule has 98 valence electrons. The van der Waals surface area contributed by atoms with Gasteiger partial charge >= 0.3 is 0 Å². The molecule has 0 radical (unpaired) electrons. The van der Waals surface area contributed by atoms with Crippen LogP contribution in [0.4, 0.5) is 0 Å². The monoisotopic (exact) mass is 262 g/mol. The number of rotatable bonds is 6. The van der Waals surface area contributed by atoms with Crippen LogP contribution in [0.5, 0.6) is 0 Å². The van der Waals surface area contributed by atoms with Crippen LogP contribution in [0.25, 0.3) is 10.2 Å². The number of para-hydroxylation sites is 1. The zero-order valence-electron chi connectivity index (χ0n) is 11.4. The van der Waals surface area contributed by atoms with Crippen LogP contribution in [0.3, 0.4) is 0 Å². The summed E-state index contributed by atoms with van der Waals surface area (Å²) in [6.45, 7) is 7.72. The first-order chi connectivity index (χ1) is 8.70. The predicted molar refractivity (Wildman–Crippen MR) is 80.4 cm³/mol. The minimum Gasteiger partial charge on any atom is -0.315 e. The van der Waals surface area contributed by atoms with Crippen molar-refractivity contribution >= 4 is 21.6 Å². The number of hydrogen-bond acceptors (Lipinski definition) is 3. The molecule has 1 N–H and O–H groups in total. The molecule has 18 heavy (non-hydrogen) atoms. The average Bonchev–Trinajstić information content (AvgIpc) is 2.77. The molecule has 0 spiro atoms. The topological polar surface area (TPSA) is 24.9 Å². The summed E-state index contributed by atoms with van der Waals surface area (Å²) in [5, 5.41) is 4.79. The molecule has 3 heteroatoms. The maximum atomic E-state index is 4.77. The molecule has 0 bridgehead atoms. The van der Waals surface area contributed by atoms with Crippen LogP contribution in [0, 0.1) is 0 Å². The normalized spacial score (nSPS) is 13.3. The molecule has 0 aliphatic carbocycles. The highest BCUT2D eigenvalue weighted by Crippen LogP contribution is 2.30. The lowest BCUT2D eigenvalue weighted by Crippen LogP contribution is -2.24. The molecule has 0 amide bonds. The third-order valence-corrected chi connectivity index (χ3v) is 4.40. The van der Waals surface area contributed by atoms with Gasteiger partial charge in [0.1, 0.15) is 0 Å². The van der Waals surface area contributed by atoms with E-state index in [4.69, 9.17) is 4.98 Å². The molecule has 0 saturated heterocycles. The molecule has 1 unspecified atom stereocenters. The van der Waals surface area contributed by atoms with Crippen molar-refractivity contribution in [3.63, 3.8) is 0 Å². The van der Waals surface area contributed by atoms with E-state index in [1.165, 1.54) is 22.5 Å². The molecule has 1 aromatic heterocycles. The van der Waals surface area contributed by atoms with E-state index in [1.807, 2.05) is 11.3 Å². The fourth-order valence-electron chi connectivity index (χ4n) is 2.11. The van der Waals surface area contributed by atoms with Gasteiger partial charge < -0.3 is 5.32 Å². The number of hydrogen-bond donors (Lipinski definition) is 1. The summed E-state index contributed by atoms with van der Waals surface area (Å²) in [5.74, 6) is 0.591. The number of aromatic nitrogens is 1. The van der Waals surface area contributed by atoms with Crippen LogP contribution >= 0.6 is 11.3 Å². The van der Waals surface area contributed by atoms with Gasteiger partial charge in [-0.2, -0.15) is 0 Å². The lowest BCUT2D eigenvalue weighted by atomic mass is 10.0. The molecule has 1 atom stereocenters. The van der Waals surface area contributed by atoms with Gasteiger partial charge in [0, 0.05) is 12.0 Å². The Morgan fingerprint density at radius 3 is 2.72 bits per heavy atom. The Labute approximate surface area is 113 Å². The summed E-state index contributed by atoms with van der Waals surface area (Å²) in [6, 6.07) is 8.99. The summed E-state index contributed by atoms with van der Waals surface area (Å²) in [6.07, 6.45) is 2.34. The van der Waals surface area contributed by atoms with Crippen molar-refractivity contribution in [3.8, 4) is 0 Å². The zero-order valence-corrected chi connectivity index (χ0v) is 12.3. The first-order valence-corrected chi connectivity index (χ1v) is 7.61. The second-order valence-corrected chi connectivity index (χ2v) is 6.08. The lowest BCUT2D eigenvalue weighted by molar-refractivity contribution is 0.517. The first-order valence-electron chi connectivity index (χ1n) is 6.79. The van der Waals surface area contributed by atoms with Crippen molar-refractivity contribution in [1.29, 1.82) is 0 Å². The van der Waals surface area contributed by atoms with Crippen molar-refractivity contribution in [2.45, 2.75) is 45.6 Å². The van der Waals surface area contributed by atoms with Gasteiger partial charge in [-0.05, 0) is 31.5 Å². The van der Waals surface area contributed by atoms with Gasteiger partial charge in [-0.25, -0.2) is 4.98 Å². The fourth-order valence-corrected chi connectivity index (χ4v) is 3.30. The Morgan fingerprint density at radius 2 is 2.06 bits per heavy atom. The summed E-state index contributed by atoms with van der Waals surface area (Å²) >= 11 is 1.85. The minimum absolute atomic E-state index is 0.567. The Kier molecular flexibility index (Phi) is 4.72. The van der Waals surface area contributed by atoms with Crippen LogP contribution in [-0.4, -0.2) is 17.6 Å². The highest BCUT2D eigenvalue weighted by atomic mass is 32.1. The van der Waals surface area contributed by atoms with E-state index < -0.39 is 0 Å². The number of thiazole rings is 1. The molecule has 0 saturated carbocycles. The van der Waals surface area contributed by atoms with Crippen LogP contribution in [0.2, 0.25) is 0 Å². The highest BCUT2D eigenvalue weighted by Gasteiger charge is 2.14. The Balaban J connectivity index is 2.07. The SMILES string of the molecule is CCC(CCNC(C)C)c1nc2ccccc2s1. The minimum atomic E-state index is 0.567. The Bertz CT molecular complexity index is 457. The fraction of sp³-hybridized carbons (Fsp3) is 0.533. The van der Waals surface area contributed by atoms with E-state index >= 15 is 0 Å². The average molecular weight is 262 g/mol. The Morgan fingerprint density at radius 1 is 1.28 bits per heavy atom. The first kappa shape index (κ1) is 13.5. The maximum absolute atomic E-state index is 4.77. The van der Waals surface area contributed by atoms with E-state index in [9.17, 15) is 0 Å². The van der Waals surface area contributed by atoms with Gasteiger partial charge in [-0.3, -0.25) is 0 Å². The van der Waals surface area contributed by atoms with Crippen molar-refractivity contribution < 1.29 is 0 Å². The van der Waals surface area contributed by atoms with E-state index in [1.54, 1.807) is 0 Å². The quantitative estimate of drug-likeness (QED) is 0.845. The second kappa shape index (κ2) is 6.30. The highest BCUT2D eigenvalue weighted by molar-refractivity contribution is 7.18. The van der Waals surface area contributed by atoms with Crippen LogP contribution in [-0.2, 0) is 0 Å². The molecular weight excluding hydrogens is 240 g/mol. The Hall–Kier alpha value is -0.930. The van der Waals surface area contributed by atoms with Gasteiger partial charge in [0.15, 0.2) is 0 Å². The molecule has 2 rings (SSSR count). The van der Waals surface area contributed by atoms with Crippen LogP contribution < -0.4 is 5.32 Å². The molecule has 2 aromatic rings. The largest absolute Gasteiger partial charge is 0.315 e. The van der Waals surface area contributed by atoms with E-state index in [-0.39, 0.29) is 0 Å². The van der Waals surface area contributed by atoms with Crippen molar-refractivity contribution in [2.24, 2.45) is 0 Å². The number of nitrogens with zero attached hydrogens (tertiary/aromatic N) is 1. The van der Waals surface area contributed by atoms with Crippen molar-refractivity contribution in [3.05, 3.63) is 29.3 Å². The maximum Gasteiger partial charge on any atom is 0.0969 e. The molecule has 0 fully saturated rings. The van der Waals surface area contributed by atoms with E-state index in [0.717, 1.165) is 12.1 Å². The van der Waals surface area contributed by atoms with E-state index in [0.29, 0.717) is 12.0 Å². The van der Waals surface area contributed by atoms with Crippen molar-refractivity contribution in [1.82, 2.24) is 10.3 Å². The lowest BCUT2D eigenvalue weighted by Gasteiger charge is -2.13. The molecule has 1 heterocycles. The molecule has 0 aliphatic rings. The predicted octanol–water partition coefficient (Wildman–Crippen LogP) is 4.18. The van der Waals surface area contributed by atoms with Crippen LogP contribution in [0.1, 0.15) is 44.5 Å². The third-order valence-electron chi connectivity index (χ3n) is 3.20. The zero-order chi connectivity index (χ0) is 13.0. The summed E-state index contributed by atoms with van der Waals surface area (Å²) in [5.41, 5.74) is 1.15. The van der Waals surface area contributed by atoms with Gasteiger partial charge in [0.05, 0.1) is 15.2 Å². The smallest absolute Gasteiger partial charge is 0.0969 e. The summed E-state index contributed by atoms with van der Waals surface area (Å²) in [4.78, 5) is 4.77. The molecule has 0 aliphatic heterocycles. The molecule has 1 aromatic carbocycles. The summed E-state index contributed by atoms with van der Waals surface area (Å²) < 4.78 is 1.31. The van der Waals surface area contributed by atoms with Gasteiger partial charge in [-0.1, -0.05) is 32.9 Å². The second-order valence-electron chi connectivity index (χ2n) is 5.02. The summed E-state index contributed by atoms with van der Waals surface area (Å²) in [7, 11) is 0. The number of fused-ring (bicyclic) bond motifs is 1. The van der Waals surface area contributed by atoms with Gasteiger partial charge in [0.2, 0.25) is 0 Å². The van der Waals surface area contributed by atoms with Crippen LogP contribution in [0.15, 0.2) is 24.3 Å². The van der Waals surface area contributed by atoms with E-state index in [2.05, 4.69) is 50.4 Å².